The lowest BCUT2D eigenvalue weighted by Gasteiger charge is -2.18. The van der Waals surface area contributed by atoms with Crippen LogP contribution in [-0.4, -0.2) is 54.2 Å². The van der Waals surface area contributed by atoms with E-state index in [4.69, 9.17) is 4.74 Å². The number of hydrogen-bond donors (Lipinski definition) is 0. The summed E-state index contributed by atoms with van der Waals surface area (Å²) in [6.07, 6.45) is 0. The van der Waals surface area contributed by atoms with Crippen molar-refractivity contribution in [2.45, 2.75) is 32.6 Å². The van der Waals surface area contributed by atoms with E-state index >= 15 is 0 Å². The molecule has 108 valence electrons. The van der Waals surface area contributed by atoms with Gasteiger partial charge in [-0.05, 0) is 6.04 Å². The minimum absolute atomic E-state index is 0.0306. The summed E-state index contributed by atoms with van der Waals surface area (Å²) in [5.74, 6) is -0.327. The highest BCUT2D eigenvalue weighted by Crippen LogP contribution is 2.20. The van der Waals surface area contributed by atoms with E-state index in [9.17, 15) is 14.4 Å². The van der Waals surface area contributed by atoms with E-state index < -0.39 is 14.1 Å². The van der Waals surface area contributed by atoms with Gasteiger partial charge in [0.25, 0.3) is 5.91 Å². The van der Waals surface area contributed by atoms with Crippen LogP contribution in [0.3, 0.4) is 0 Å². The Hall–Kier alpha value is -0.863. The predicted molar refractivity (Wildman–Crippen MR) is 76.2 cm³/mol. The highest BCUT2D eigenvalue weighted by molar-refractivity contribution is 8.12. The molecular formula is C11H20N2O4SSi. The van der Waals surface area contributed by atoms with Gasteiger partial charge in [0, 0.05) is 33.6 Å². The van der Waals surface area contributed by atoms with Gasteiger partial charge in [0.05, 0.1) is 0 Å². The first-order chi connectivity index (χ1) is 8.70. The molecule has 1 fully saturated rings. The number of rotatable bonds is 6. The fraction of sp³-hybridized carbons (Fsp3) is 0.727. The molecule has 1 aliphatic rings. The normalized spacial score (nSPS) is 16.4. The van der Waals surface area contributed by atoms with Gasteiger partial charge in [0.1, 0.15) is 13.3 Å². The molecular weight excluding hydrogens is 284 g/mol. The summed E-state index contributed by atoms with van der Waals surface area (Å²) >= 11 is 0.755. The van der Waals surface area contributed by atoms with E-state index in [2.05, 4.69) is 19.6 Å². The summed E-state index contributed by atoms with van der Waals surface area (Å²) in [4.78, 5) is 35.4. The van der Waals surface area contributed by atoms with Crippen LogP contribution in [0.1, 0.15) is 6.92 Å². The van der Waals surface area contributed by atoms with Gasteiger partial charge in [0.2, 0.25) is 5.12 Å². The molecule has 3 amide bonds. The second-order valence-electron chi connectivity index (χ2n) is 5.57. The van der Waals surface area contributed by atoms with Crippen LogP contribution in [-0.2, 0) is 14.3 Å². The number of urea groups is 1. The van der Waals surface area contributed by atoms with Crippen molar-refractivity contribution in [3.8, 4) is 0 Å². The Morgan fingerprint density at radius 1 is 1.37 bits per heavy atom. The molecule has 1 heterocycles. The van der Waals surface area contributed by atoms with Crippen LogP contribution in [0.5, 0.6) is 0 Å². The van der Waals surface area contributed by atoms with Crippen molar-refractivity contribution in [2.24, 2.45) is 0 Å². The zero-order valence-corrected chi connectivity index (χ0v) is 13.6. The summed E-state index contributed by atoms with van der Waals surface area (Å²) in [5, 5.41) is -0.220. The van der Waals surface area contributed by atoms with Crippen LogP contribution in [0.15, 0.2) is 0 Å². The predicted octanol–water partition coefficient (Wildman–Crippen LogP) is 1.76. The number of carbonyl (C=O) groups is 3. The van der Waals surface area contributed by atoms with Crippen LogP contribution in [0.4, 0.5) is 4.79 Å². The Labute approximate surface area is 118 Å². The van der Waals surface area contributed by atoms with Crippen LogP contribution >= 0.6 is 11.9 Å². The number of ether oxygens (including phenoxy) is 1. The quantitative estimate of drug-likeness (QED) is 0.324. The highest BCUT2D eigenvalue weighted by Gasteiger charge is 2.37. The maximum absolute atomic E-state index is 11.8. The third-order valence-corrected chi connectivity index (χ3v) is 4.95. The van der Waals surface area contributed by atoms with Crippen LogP contribution in [0, 0.1) is 0 Å². The van der Waals surface area contributed by atoms with Crippen molar-refractivity contribution in [2.75, 3.05) is 19.9 Å². The molecule has 0 aliphatic carbocycles. The monoisotopic (exact) mass is 304 g/mol. The van der Waals surface area contributed by atoms with Crippen molar-refractivity contribution < 1.29 is 19.1 Å². The molecule has 1 rings (SSSR count). The second-order valence-corrected chi connectivity index (χ2v) is 12.4. The first-order valence-electron chi connectivity index (χ1n) is 6.09. The average Bonchev–Trinajstić information content (AvgIpc) is 2.48. The van der Waals surface area contributed by atoms with E-state index in [0.29, 0.717) is 6.61 Å². The van der Waals surface area contributed by atoms with Gasteiger partial charge in [-0.1, -0.05) is 19.6 Å². The van der Waals surface area contributed by atoms with Crippen LogP contribution in [0.2, 0.25) is 25.7 Å². The Bertz CT molecular complexity index is 383. The number of imide groups is 1. The van der Waals surface area contributed by atoms with Crippen molar-refractivity contribution in [1.82, 2.24) is 9.21 Å². The molecule has 0 bridgehead atoms. The van der Waals surface area contributed by atoms with Crippen LogP contribution in [0.25, 0.3) is 0 Å². The molecule has 0 spiro atoms. The molecule has 6 nitrogen and oxygen atoms in total. The smallest absolute Gasteiger partial charge is 0.339 e. The molecule has 8 heteroatoms. The lowest BCUT2D eigenvalue weighted by Crippen LogP contribution is -2.34. The third kappa shape index (κ3) is 5.33. The molecule has 1 aliphatic heterocycles. The lowest BCUT2D eigenvalue weighted by atomic mass is 10.6. The topological polar surface area (TPSA) is 66.9 Å². The Morgan fingerprint density at radius 3 is 2.53 bits per heavy atom. The summed E-state index contributed by atoms with van der Waals surface area (Å²) < 4.78 is 6.55. The van der Waals surface area contributed by atoms with Gasteiger partial charge in [-0.15, -0.1) is 0 Å². The van der Waals surface area contributed by atoms with E-state index in [0.717, 1.165) is 27.2 Å². The minimum atomic E-state index is -1.18. The summed E-state index contributed by atoms with van der Waals surface area (Å²) in [6.45, 7) is 8.50. The van der Waals surface area contributed by atoms with Gasteiger partial charge in [0.15, 0.2) is 0 Å². The molecule has 0 atom stereocenters. The largest absolute Gasteiger partial charge is 0.361 e. The third-order valence-electron chi connectivity index (χ3n) is 2.48. The molecule has 0 aromatic rings. The first kappa shape index (κ1) is 16.2. The summed E-state index contributed by atoms with van der Waals surface area (Å²) in [7, 11) is -1.18. The van der Waals surface area contributed by atoms with E-state index in [-0.39, 0.29) is 24.3 Å². The zero-order valence-electron chi connectivity index (χ0n) is 11.8. The van der Waals surface area contributed by atoms with Crippen molar-refractivity contribution >= 4 is 37.1 Å². The van der Waals surface area contributed by atoms with E-state index in [1.165, 1.54) is 6.92 Å². The molecule has 0 unspecified atom stereocenters. The number of carbonyl (C=O) groups excluding carboxylic acids is 3. The van der Waals surface area contributed by atoms with Gasteiger partial charge >= 0.3 is 6.03 Å². The Morgan fingerprint density at radius 2 is 2.00 bits per heavy atom. The van der Waals surface area contributed by atoms with Crippen molar-refractivity contribution in [3.05, 3.63) is 0 Å². The fourth-order valence-corrected chi connectivity index (χ4v) is 2.82. The molecule has 0 aromatic carbocycles. The summed E-state index contributed by atoms with van der Waals surface area (Å²) in [6, 6.07) is 0.507. The van der Waals surface area contributed by atoms with E-state index in [1.54, 1.807) is 0 Å². The Balaban J connectivity index is 2.40. The van der Waals surface area contributed by atoms with E-state index in [1.807, 2.05) is 0 Å². The number of amides is 3. The van der Waals surface area contributed by atoms with Gasteiger partial charge < -0.3 is 4.74 Å². The first-order valence-corrected chi connectivity index (χ1v) is 10.6. The fourth-order valence-electron chi connectivity index (χ4n) is 1.41. The Kier molecular flexibility index (Phi) is 5.57. The highest BCUT2D eigenvalue weighted by atomic mass is 32.2. The molecule has 1 saturated heterocycles. The average molecular weight is 304 g/mol. The molecule has 0 aromatic heterocycles. The van der Waals surface area contributed by atoms with Crippen LogP contribution < -0.4 is 0 Å². The maximum atomic E-state index is 11.8. The van der Waals surface area contributed by atoms with Gasteiger partial charge in [-0.3, -0.25) is 13.9 Å². The molecule has 0 radical (unpaired) electrons. The SMILES string of the molecule is CC(=O)SN1CC(=O)N(COCC[Si](C)(C)C)C1=O. The second kappa shape index (κ2) is 6.53. The van der Waals surface area contributed by atoms with Crippen molar-refractivity contribution in [3.63, 3.8) is 0 Å². The maximum Gasteiger partial charge on any atom is 0.339 e. The molecule has 0 N–H and O–H groups in total. The molecule has 0 saturated carbocycles. The van der Waals surface area contributed by atoms with Crippen molar-refractivity contribution in [1.29, 1.82) is 0 Å². The number of nitrogens with zero attached hydrogens (tertiary/aromatic N) is 2. The minimum Gasteiger partial charge on any atom is -0.361 e. The van der Waals surface area contributed by atoms with Gasteiger partial charge in [-0.25, -0.2) is 9.69 Å². The lowest BCUT2D eigenvalue weighted by molar-refractivity contribution is -0.128. The zero-order chi connectivity index (χ0) is 14.6. The molecule has 19 heavy (non-hydrogen) atoms. The standard InChI is InChI=1S/C11H20N2O4SSi/c1-9(14)18-13-7-10(15)12(11(13)16)8-17-5-6-19(2,3)4/h5-8H2,1-4H3. The van der Waals surface area contributed by atoms with Gasteiger partial charge in [-0.2, -0.15) is 0 Å². The number of hydrogen-bond acceptors (Lipinski definition) is 5. The summed E-state index contributed by atoms with van der Waals surface area (Å²) in [5.41, 5.74) is 0.